The molecule has 5 aromatic rings. The number of nitrogens with zero attached hydrogens (tertiary/aromatic N) is 1. The van der Waals surface area contributed by atoms with Gasteiger partial charge in [-0.1, -0.05) is 62.4 Å². The van der Waals surface area contributed by atoms with E-state index in [-0.39, 0.29) is 5.41 Å². The molecule has 1 aliphatic carbocycles. The van der Waals surface area contributed by atoms with Crippen LogP contribution in [-0.2, 0) is 14.7 Å². The van der Waals surface area contributed by atoms with Gasteiger partial charge in [0.05, 0.1) is 22.8 Å². The van der Waals surface area contributed by atoms with Crippen molar-refractivity contribution in [1.29, 1.82) is 5.26 Å². The monoisotopic (exact) mass is 527 g/mol. The standard InChI is InChI=1S/C34H30BNO2S/c1-32(2)26-17-20(19-36)11-13-23(26)24-14-12-21(18-27(24)32)22-15-16-28(35-37-33(3,4)34(5,6)38-35)31-30(22)25-9-7-8-10-29(25)39-31/h7-18H,1-6H3. The maximum absolute atomic E-state index is 9.51. The summed E-state index contributed by atoms with van der Waals surface area (Å²) in [6.07, 6.45) is 0. The fourth-order valence-electron chi connectivity index (χ4n) is 6.22. The van der Waals surface area contributed by atoms with E-state index >= 15 is 0 Å². The number of nitriles is 1. The van der Waals surface area contributed by atoms with Crippen molar-refractivity contribution < 1.29 is 9.31 Å². The van der Waals surface area contributed by atoms with Crippen LogP contribution in [0.15, 0.2) is 72.8 Å². The molecule has 0 N–H and O–H groups in total. The van der Waals surface area contributed by atoms with Gasteiger partial charge in [-0.2, -0.15) is 5.26 Å². The van der Waals surface area contributed by atoms with Gasteiger partial charge in [0.25, 0.3) is 0 Å². The van der Waals surface area contributed by atoms with Crippen molar-refractivity contribution in [1.82, 2.24) is 0 Å². The average molecular weight is 527 g/mol. The predicted octanol–water partition coefficient (Wildman–Crippen LogP) is 8.20. The van der Waals surface area contributed by atoms with Crippen molar-refractivity contribution in [2.45, 2.75) is 58.2 Å². The van der Waals surface area contributed by atoms with E-state index in [9.17, 15) is 5.26 Å². The van der Waals surface area contributed by atoms with E-state index in [1.807, 2.05) is 17.4 Å². The van der Waals surface area contributed by atoms with Crippen molar-refractivity contribution >= 4 is 44.1 Å². The Labute approximate surface area is 234 Å². The highest BCUT2D eigenvalue weighted by Gasteiger charge is 2.52. The van der Waals surface area contributed by atoms with Gasteiger partial charge in [-0.25, -0.2) is 0 Å². The molecule has 3 nitrogen and oxygen atoms in total. The minimum absolute atomic E-state index is 0.188. The van der Waals surface area contributed by atoms with Crippen LogP contribution in [0, 0.1) is 11.3 Å². The Kier molecular flexibility index (Phi) is 5.08. The first kappa shape index (κ1) is 24.6. The SMILES string of the molecule is CC1(C)c2cc(C#N)ccc2-c2ccc(-c3ccc(B4OC(C)(C)C(C)(C)O4)c4sc5ccccc5c34)cc21. The Bertz CT molecular complexity index is 1860. The molecular formula is C34H30BNO2S. The molecule has 4 aromatic carbocycles. The molecule has 0 bridgehead atoms. The second kappa shape index (κ2) is 8.05. The number of hydrogen-bond acceptors (Lipinski definition) is 4. The van der Waals surface area contributed by atoms with E-state index in [0.29, 0.717) is 5.56 Å². The van der Waals surface area contributed by atoms with Crippen LogP contribution in [-0.4, -0.2) is 18.3 Å². The molecule has 0 saturated carbocycles. The van der Waals surface area contributed by atoms with Crippen LogP contribution in [0.3, 0.4) is 0 Å². The summed E-state index contributed by atoms with van der Waals surface area (Å²) in [4.78, 5) is 0. The average Bonchev–Trinajstić information content (AvgIpc) is 3.48. The lowest BCUT2D eigenvalue weighted by atomic mass is 9.77. The van der Waals surface area contributed by atoms with Crippen molar-refractivity contribution in [3.63, 3.8) is 0 Å². The molecule has 39 heavy (non-hydrogen) atoms. The zero-order valence-electron chi connectivity index (χ0n) is 23.2. The molecule has 1 fully saturated rings. The summed E-state index contributed by atoms with van der Waals surface area (Å²) in [5.41, 5.74) is 8.23. The largest absolute Gasteiger partial charge is 0.496 e. The third kappa shape index (κ3) is 3.42. The highest BCUT2D eigenvalue weighted by atomic mass is 32.1. The first-order valence-electron chi connectivity index (χ1n) is 13.5. The Balaban J connectivity index is 1.43. The minimum atomic E-state index is -0.414. The smallest absolute Gasteiger partial charge is 0.399 e. The van der Waals surface area contributed by atoms with Crippen molar-refractivity contribution in [3.05, 3.63) is 89.5 Å². The van der Waals surface area contributed by atoms with Crippen molar-refractivity contribution in [2.75, 3.05) is 0 Å². The fraction of sp³-hybridized carbons (Fsp3) is 0.265. The second-order valence-electron chi connectivity index (χ2n) is 12.4. The first-order chi connectivity index (χ1) is 18.5. The van der Waals surface area contributed by atoms with Crippen LogP contribution in [0.25, 0.3) is 42.4 Å². The summed E-state index contributed by atoms with van der Waals surface area (Å²) in [7, 11) is -0.414. The van der Waals surface area contributed by atoms with E-state index in [4.69, 9.17) is 9.31 Å². The van der Waals surface area contributed by atoms with Crippen LogP contribution in [0.2, 0.25) is 0 Å². The summed E-state index contributed by atoms with van der Waals surface area (Å²) in [6.45, 7) is 12.9. The van der Waals surface area contributed by atoms with Gasteiger partial charge < -0.3 is 9.31 Å². The third-order valence-corrected chi connectivity index (χ3v) is 10.4. The van der Waals surface area contributed by atoms with Gasteiger partial charge in [0.15, 0.2) is 0 Å². The number of hydrogen-bond donors (Lipinski definition) is 0. The fourth-order valence-corrected chi connectivity index (χ4v) is 7.47. The molecule has 1 saturated heterocycles. The van der Waals surface area contributed by atoms with Crippen LogP contribution in [0.1, 0.15) is 58.2 Å². The molecule has 2 heterocycles. The molecule has 0 spiro atoms. The number of rotatable bonds is 2. The van der Waals surface area contributed by atoms with Crippen molar-refractivity contribution in [2.24, 2.45) is 0 Å². The van der Waals surface area contributed by atoms with E-state index < -0.39 is 18.3 Å². The molecular weight excluding hydrogens is 497 g/mol. The molecule has 7 rings (SSSR count). The van der Waals surface area contributed by atoms with Gasteiger partial charge in [0.1, 0.15) is 0 Å². The summed E-state index contributed by atoms with van der Waals surface area (Å²) in [5, 5.41) is 12.0. The molecule has 0 amide bonds. The molecule has 192 valence electrons. The van der Waals surface area contributed by atoms with Gasteiger partial charge in [-0.05, 0) is 85.3 Å². The Morgan fingerprint density at radius 3 is 2.10 bits per heavy atom. The van der Waals surface area contributed by atoms with E-state index in [2.05, 4.69) is 114 Å². The maximum Gasteiger partial charge on any atom is 0.496 e. The zero-order valence-corrected chi connectivity index (χ0v) is 24.0. The third-order valence-electron chi connectivity index (χ3n) is 9.18. The van der Waals surface area contributed by atoms with Gasteiger partial charge in [-0.15, -0.1) is 11.3 Å². The lowest BCUT2D eigenvalue weighted by molar-refractivity contribution is 0.00578. The summed E-state index contributed by atoms with van der Waals surface area (Å²) in [5.74, 6) is 0. The zero-order chi connectivity index (χ0) is 27.3. The quantitative estimate of drug-likeness (QED) is 0.217. The minimum Gasteiger partial charge on any atom is -0.399 e. The molecule has 0 atom stereocenters. The van der Waals surface area contributed by atoms with Gasteiger partial charge in [0, 0.05) is 31.1 Å². The molecule has 0 radical (unpaired) electrons. The van der Waals surface area contributed by atoms with E-state index in [1.54, 1.807) is 0 Å². The topological polar surface area (TPSA) is 42.2 Å². The van der Waals surface area contributed by atoms with Gasteiger partial charge in [0.2, 0.25) is 0 Å². The van der Waals surface area contributed by atoms with Crippen LogP contribution in [0.5, 0.6) is 0 Å². The normalized spacial score (nSPS) is 18.3. The summed E-state index contributed by atoms with van der Waals surface area (Å²) in [6, 6.07) is 28.3. The molecule has 5 heteroatoms. The summed E-state index contributed by atoms with van der Waals surface area (Å²) >= 11 is 1.81. The number of fused-ring (bicyclic) bond motifs is 6. The maximum atomic E-state index is 9.51. The van der Waals surface area contributed by atoms with Gasteiger partial charge in [-0.3, -0.25) is 0 Å². The Morgan fingerprint density at radius 2 is 1.38 bits per heavy atom. The number of thiophene rings is 1. The van der Waals surface area contributed by atoms with E-state index in [0.717, 1.165) is 5.46 Å². The van der Waals surface area contributed by atoms with Crippen molar-refractivity contribution in [3.8, 4) is 28.3 Å². The summed E-state index contributed by atoms with van der Waals surface area (Å²) < 4.78 is 15.5. The number of benzene rings is 4. The Hall–Kier alpha value is -3.43. The first-order valence-corrected chi connectivity index (χ1v) is 14.3. The van der Waals surface area contributed by atoms with Crippen LogP contribution in [0.4, 0.5) is 0 Å². The molecule has 2 aliphatic rings. The van der Waals surface area contributed by atoms with Crippen LogP contribution >= 0.6 is 11.3 Å². The predicted molar refractivity (Wildman–Crippen MR) is 163 cm³/mol. The van der Waals surface area contributed by atoms with Crippen LogP contribution < -0.4 is 5.46 Å². The van der Waals surface area contributed by atoms with E-state index in [1.165, 1.54) is 53.6 Å². The highest BCUT2D eigenvalue weighted by molar-refractivity contribution is 7.27. The lowest BCUT2D eigenvalue weighted by Gasteiger charge is -2.32. The molecule has 1 aromatic heterocycles. The Morgan fingerprint density at radius 1 is 0.744 bits per heavy atom. The van der Waals surface area contributed by atoms with Gasteiger partial charge >= 0.3 is 7.12 Å². The molecule has 1 aliphatic heterocycles. The highest BCUT2D eigenvalue weighted by Crippen LogP contribution is 2.51. The second-order valence-corrected chi connectivity index (χ2v) is 13.4. The lowest BCUT2D eigenvalue weighted by Crippen LogP contribution is -2.41. The molecule has 0 unspecified atom stereocenters.